The van der Waals surface area contributed by atoms with Crippen LogP contribution >= 0.6 is 11.6 Å². The Hall–Kier alpha value is -1.47. The standard InChI is InChI=1S/C9H13ClN4O3/c1-6(15)3-4-13(2)9-7(14(16)17)8(10)11-5-12-9/h5-6,15H,3-4H2,1-2H3. The van der Waals surface area contributed by atoms with Crippen molar-refractivity contribution < 1.29 is 10.0 Å². The zero-order chi connectivity index (χ0) is 13.0. The van der Waals surface area contributed by atoms with Crippen molar-refractivity contribution in [2.24, 2.45) is 0 Å². The normalized spacial score (nSPS) is 12.2. The fraction of sp³-hybridized carbons (Fsp3) is 0.556. The molecule has 1 aromatic heterocycles. The van der Waals surface area contributed by atoms with Crippen molar-refractivity contribution in [2.45, 2.75) is 19.4 Å². The number of aliphatic hydroxyl groups is 1. The molecule has 0 spiro atoms. The molecule has 0 aliphatic rings. The molecule has 17 heavy (non-hydrogen) atoms. The van der Waals surface area contributed by atoms with E-state index in [1.54, 1.807) is 18.9 Å². The number of hydrogen-bond donors (Lipinski definition) is 1. The van der Waals surface area contributed by atoms with Gasteiger partial charge < -0.3 is 10.0 Å². The molecule has 0 aliphatic heterocycles. The van der Waals surface area contributed by atoms with E-state index in [4.69, 9.17) is 16.7 Å². The SMILES string of the molecule is CC(O)CCN(C)c1ncnc(Cl)c1[N+](=O)[O-]. The van der Waals surface area contributed by atoms with Gasteiger partial charge in [0.05, 0.1) is 11.0 Å². The lowest BCUT2D eigenvalue weighted by Crippen LogP contribution is -2.23. The van der Waals surface area contributed by atoms with Crippen LogP contribution in [0.5, 0.6) is 0 Å². The number of halogens is 1. The molecule has 7 nitrogen and oxygen atoms in total. The summed E-state index contributed by atoms with van der Waals surface area (Å²) in [6, 6.07) is 0. The van der Waals surface area contributed by atoms with Crippen LogP contribution in [0.4, 0.5) is 11.5 Å². The van der Waals surface area contributed by atoms with E-state index in [0.29, 0.717) is 13.0 Å². The molecule has 8 heteroatoms. The Morgan fingerprint density at radius 2 is 2.29 bits per heavy atom. The van der Waals surface area contributed by atoms with Gasteiger partial charge in [0.2, 0.25) is 11.0 Å². The van der Waals surface area contributed by atoms with Crippen molar-refractivity contribution in [2.75, 3.05) is 18.5 Å². The largest absolute Gasteiger partial charge is 0.393 e. The summed E-state index contributed by atoms with van der Waals surface area (Å²) >= 11 is 5.66. The van der Waals surface area contributed by atoms with Gasteiger partial charge in [0.25, 0.3) is 0 Å². The molecule has 0 aromatic carbocycles. The zero-order valence-electron chi connectivity index (χ0n) is 9.50. The predicted molar refractivity (Wildman–Crippen MR) is 63.3 cm³/mol. The van der Waals surface area contributed by atoms with E-state index in [9.17, 15) is 10.1 Å². The maximum Gasteiger partial charge on any atom is 0.348 e. The molecule has 0 fully saturated rings. The predicted octanol–water partition coefficient (Wildman–Crippen LogP) is 1.25. The van der Waals surface area contributed by atoms with Crippen molar-refractivity contribution in [1.29, 1.82) is 0 Å². The van der Waals surface area contributed by atoms with Crippen LogP contribution in [0.2, 0.25) is 5.15 Å². The summed E-state index contributed by atoms with van der Waals surface area (Å²) in [6.45, 7) is 2.08. The third-order valence-corrected chi connectivity index (χ3v) is 2.46. The van der Waals surface area contributed by atoms with Gasteiger partial charge in [-0.15, -0.1) is 0 Å². The fourth-order valence-electron chi connectivity index (χ4n) is 1.27. The summed E-state index contributed by atoms with van der Waals surface area (Å²) in [4.78, 5) is 19.2. The van der Waals surface area contributed by atoms with Gasteiger partial charge in [-0.25, -0.2) is 9.97 Å². The second-order valence-electron chi connectivity index (χ2n) is 3.65. The van der Waals surface area contributed by atoms with Gasteiger partial charge in [-0.3, -0.25) is 10.1 Å². The van der Waals surface area contributed by atoms with Gasteiger partial charge in [0, 0.05) is 13.6 Å². The number of nitrogens with zero attached hydrogens (tertiary/aromatic N) is 4. The summed E-state index contributed by atoms with van der Waals surface area (Å²) in [7, 11) is 1.65. The molecule has 0 aliphatic carbocycles. The van der Waals surface area contributed by atoms with E-state index in [0.717, 1.165) is 0 Å². The second-order valence-corrected chi connectivity index (χ2v) is 4.01. The number of hydrogen-bond acceptors (Lipinski definition) is 6. The summed E-state index contributed by atoms with van der Waals surface area (Å²) in [5.74, 6) is 0.149. The van der Waals surface area contributed by atoms with Crippen LogP contribution in [0.3, 0.4) is 0 Å². The molecule has 0 saturated carbocycles. The topological polar surface area (TPSA) is 92.4 Å². The third kappa shape index (κ3) is 3.50. The van der Waals surface area contributed by atoms with Crippen LogP contribution in [0.1, 0.15) is 13.3 Å². The first-order valence-electron chi connectivity index (χ1n) is 4.97. The smallest absolute Gasteiger partial charge is 0.348 e. The van der Waals surface area contributed by atoms with Crippen molar-refractivity contribution in [1.82, 2.24) is 9.97 Å². The van der Waals surface area contributed by atoms with Gasteiger partial charge in [0.1, 0.15) is 6.33 Å². The van der Waals surface area contributed by atoms with Crippen molar-refractivity contribution in [3.05, 3.63) is 21.6 Å². The van der Waals surface area contributed by atoms with Crippen LogP contribution in [0, 0.1) is 10.1 Å². The van der Waals surface area contributed by atoms with Crippen molar-refractivity contribution in [3.63, 3.8) is 0 Å². The Morgan fingerprint density at radius 3 is 2.82 bits per heavy atom. The first-order chi connectivity index (χ1) is 7.93. The molecule has 1 aromatic rings. The van der Waals surface area contributed by atoms with Gasteiger partial charge in [-0.05, 0) is 13.3 Å². The van der Waals surface area contributed by atoms with E-state index in [1.165, 1.54) is 6.33 Å². The minimum atomic E-state index is -0.615. The molecule has 0 radical (unpaired) electrons. The first kappa shape index (κ1) is 13.6. The molecule has 1 N–H and O–H groups in total. The molecule has 1 atom stereocenters. The maximum atomic E-state index is 10.9. The molecule has 1 rings (SSSR count). The minimum absolute atomic E-state index is 0.149. The Bertz CT molecular complexity index is 413. The average molecular weight is 261 g/mol. The molecule has 0 amide bonds. The van der Waals surface area contributed by atoms with Gasteiger partial charge in [0.15, 0.2) is 0 Å². The molecule has 1 heterocycles. The number of aliphatic hydroxyl groups excluding tert-OH is 1. The molecular formula is C9H13ClN4O3. The Morgan fingerprint density at radius 1 is 1.65 bits per heavy atom. The Labute approximate surface area is 103 Å². The summed E-state index contributed by atoms with van der Waals surface area (Å²) in [5, 5.41) is 19.8. The van der Waals surface area contributed by atoms with Crippen LogP contribution in [-0.4, -0.2) is 39.7 Å². The lowest BCUT2D eigenvalue weighted by Gasteiger charge is -2.18. The van der Waals surface area contributed by atoms with Gasteiger partial charge in [-0.2, -0.15) is 0 Å². The molecule has 0 saturated heterocycles. The van der Waals surface area contributed by atoms with Gasteiger partial charge in [-0.1, -0.05) is 11.6 Å². The van der Waals surface area contributed by atoms with E-state index >= 15 is 0 Å². The highest BCUT2D eigenvalue weighted by Crippen LogP contribution is 2.30. The maximum absolute atomic E-state index is 10.9. The monoisotopic (exact) mass is 260 g/mol. The minimum Gasteiger partial charge on any atom is -0.393 e. The molecule has 0 bridgehead atoms. The second kappa shape index (κ2) is 5.74. The highest BCUT2D eigenvalue weighted by molar-refractivity contribution is 6.31. The van der Waals surface area contributed by atoms with E-state index in [-0.39, 0.29) is 16.7 Å². The third-order valence-electron chi connectivity index (χ3n) is 2.18. The molecular weight excluding hydrogens is 248 g/mol. The van der Waals surface area contributed by atoms with Crippen LogP contribution in [0.15, 0.2) is 6.33 Å². The van der Waals surface area contributed by atoms with E-state index in [2.05, 4.69) is 9.97 Å². The Kier molecular flexibility index (Phi) is 4.59. The molecule has 94 valence electrons. The zero-order valence-corrected chi connectivity index (χ0v) is 10.3. The highest BCUT2D eigenvalue weighted by Gasteiger charge is 2.24. The fourth-order valence-corrected chi connectivity index (χ4v) is 1.47. The van der Waals surface area contributed by atoms with E-state index < -0.39 is 11.0 Å². The van der Waals surface area contributed by atoms with Crippen molar-refractivity contribution in [3.8, 4) is 0 Å². The first-order valence-corrected chi connectivity index (χ1v) is 5.35. The summed E-state index contributed by atoms with van der Waals surface area (Å²) < 4.78 is 0. The number of anilines is 1. The number of aromatic nitrogens is 2. The number of nitro groups is 1. The summed E-state index contributed by atoms with van der Waals surface area (Å²) in [5.41, 5.74) is -0.317. The van der Waals surface area contributed by atoms with Crippen LogP contribution in [-0.2, 0) is 0 Å². The van der Waals surface area contributed by atoms with Gasteiger partial charge >= 0.3 is 5.69 Å². The highest BCUT2D eigenvalue weighted by atomic mass is 35.5. The van der Waals surface area contributed by atoms with E-state index in [1.807, 2.05) is 0 Å². The average Bonchev–Trinajstić information content (AvgIpc) is 2.24. The molecule has 1 unspecified atom stereocenters. The van der Waals surface area contributed by atoms with Crippen molar-refractivity contribution >= 4 is 23.1 Å². The van der Waals surface area contributed by atoms with Crippen LogP contribution in [0.25, 0.3) is 0 Å². The Balaban J connectivity index is 2.96. The lowest BCUT2D eigenvalue weighted by atomic mass is 10.3. The number of rotatable bonds is 5. The van der Waals surface area contributed by atoms with Crippen LogP contribution < -0.4 is 4.90 Å². The quantitative estimate of drug-likeness (QED) is 0.486. The lowest BCUT2D eigenvalue weighted by molar-refractivity contribution is -0.384. The summed E-state index contributed by atoms with van der Waals surface area (Å²) in [6.07, 6.45) is 1.17.